The predicted octanol–water partition coefficient (Wildman–Crippen LogP) is 0.857. The van der Waals surface area contributed by atoms with Crippen LogP contribution in [0.1, 0.15) is 17.7 Å². The summed E-state index contributed by atoms with van der Waals surface area (Å²) in [6, 6.07) is 9.17. The van der Waals surface area contributed by atoms with E-state index in [0.717, 1.165) is 0 Å². The first-order valence-electron chi connectivity index (χ1n) is 8.24. The van der Waals surface area contributed by atoms with Gasteiger partial charge in [0.2, 0.25) is 0 Å². The smallest absolute Gasteiger partial charge is 0.309 e. The van der Waals surface area contributed by atoms with Crippen LogP contribution in [0.4, 0.5) is 0 Å². The molecule has 0 unspecified atom stereocenters. The molecular weight excluding hydrogens is 370 g/mol. The number of hydrogen-bond acceptors (Lipinski definition) is 6. The number of carbonyl (C=O) groups excluding carboxylic acids is 2. The summed E-state index contributed by atoms with van der Waals surface area (Å²) in [4.78, 5) is 27.5. The molecule has 0 radical (unpaired) electrons. The predicted molar refractivity (Wildman–Crippen MR) is 98.9 cm³/mol. The lowest BCUT2D eigenvalue weighted by atomic mass is 10.2. The number of amides is 2. The first-order valence-corrected chi connectivity index (χ1v) is 9.78. The molecule has 2 aromatic rings. The number of rotatable bonds is 7. The highest BCUT2D eigenvalue weighted by molar-refractivity contribution is 7.91. The summed E-state index contributed by atoms with van der Waals surface area (Å²) >= 11 is 0. The number of nitrogens with one attached hydrogen (secondary N) is 2. The van der Waals surface area contributed by atoms with Gasteiger partial charge in [-0.3, -0.25) is 14.6 Å². The van der Waals surface area contributed by atoms with E-state index >= 15 is 0 Å². The van der Waals surface area contributed by atoms with Gasteiger partial charge in [0.25, 0.3) is 0 Å². The maximum absolute atomic E-state index is 13.1. The Morgan fingerprint density at radius 3 is 2.33 bits per heavy atom. The summed E-state index contributed by atoms with van der Waals surface area (Å²) in [6.45, 7) is 1.70. The van der Waals surface area contributed by atoms with Crippen LogP contribution in [0.3, 0.4) is 0 Å². The molecular formula is C18H21N3O5S. The number of sulfone groups is 1. The zero-order valence-electron chi connectivity index (χ0n) is 15.0. The monoisotopic (exact) mass is 391 g/mol. The lowest BCUT2D eigenvalue weighted by molar-refractivity contribution is -0.139. The maximum atomic E-state index is 13.1. The molecule has 2 amide bonds. The van der Waals surface area contributed by atoms with Gasteiger partial charge >= 0.3 is 11.8 Å². The van der Waals surface area contributed by atoms with E-state index in [-0.39, 0.29) is 11.4 Å². The summed E-state index contributed by atoms with van der Waals surface area (Å²) in [5, 5.41) is 3.65. The molecule has 1 aromatic heterocycles. The van der Waals surface area contributed by atoms with E-state index in [9.17, 15) is 18.0 Å². The van der Waals surface area contributed by atoms with Gasteiger partial charge in [-0.15, -0.1) is 0 Å². The molecule has 2 rings (SSSR count). The van der Waals surface area contributed by atoms with Crippen LogP contribution in [-0.4, -0.2) is 45.4 Å². The number of likely N-dealkylation sites (N-methyl/N-ethyl adjacent to an activating group) is 1. The zero-order valence-corrected chi connectivity index (χ0v) is 15.8. The Balaban J connectivity index is 2.31. The third-order valence-corrected chi connectivity index (χ3v) is 5.93. The summed E-state index contributed by atoms with van der Waals surface area (Å²) < 4.78 is 31.3. The first-order chi connectivity index (χ1) is 12.9. The highest BCUT2D eigenvalue weighted by atomic mass is 32.2. The second kappa shape index (κ2) is 9.13. The molecule has 0 saturated heterocycles. The van der Waals surface area contributed by atoms with Crippen LogP contribution < -0.4 is 15.4 Å². The van der Waals surface area contributed by atoms with Crippen LogP contribution in [0.25, 0.3) is 0 Å². The Morgan fingerprint density at radius 2 is 1.78 bits per heavy atom. The fraction of sp³-hybridized carbons (Fsp3) is 0.278. The molecule has 0 aliphatic heterocycles. The average molecular weight is 391 g/mol. The number of hydrogen-bond donors (Lipinski definition) is 2. The number of benzene rings is 1. The fourth-order valence-corrected chi connectivity index (χ4v) is 4.05. The number of carbonyl (C=O) groups is 2. The lowest BCUT2D eigenvalue weighted by Gasteiger charge is -2.18. The van der Waals surface area contributed by atoms with Crippen molar-refractivity contribution in [2.75, 3.05) is 20.2 Å². The van der Waals surface area contributed by atoms with Crippen molar-refractivity contribution in [3.63, 3.8) is 0 Å². The second-order valence-corrected chi connectivity index (χ2v) is 7.70. The molecule has 8 nitrogen and oxygen atoms in total. The van der Waals surface area contributed by atoms with Gasteiger partial charge < -0.3 is 15.4 Å². The van der Waals surface area contributed by atoms with Crippen molar-refractivity contribution in [3.8, 4) is 5.75 Å². The lowest BCUT2D eigenvalue weighted by Crippen LogP contribution is -2.42. The van der Waals surface area contributed by atoms with E-state index in [1.165, 1.54) is 31.6 Å². The van der Waals surface area contributed by atoms with Crippen molar-refractivity contribution < 1.29 is 22.7 Å². The molecule has 0 aliphatic carbocycles. The molecule has 0 aliphatic rings. The van der Waals surface area contributed by atoms with Crippen molar-refractivity contribution in [1.82, 2.24) is 15.6 Å². The van der Waals surface area contributed by atoms with Crippen LogP contribution >= 0.6 is 0 Å². The van der Waals surface area contributed by atoms with Crippen molar-refractivity contribution >= 4 is 21.7 Å². The Bertz CT molecular complexity index is 883. The summed E-state index contributed by atoms with van der Waals surface area (Å²) in [5.41, 5.74) is 0.407. The first kappa shape index (κ1) is 20.4. The van der Waals surface area contributed by atoms with E-state index in [0.29, 0.717) is 17.9 Å². The molecule has 0 spiro atoms. The SMILES string of the molecule is CCNC(=O)C(=O)NC[C@H](c1cccnc1)S(=O)(=O)c1ccc(OC)cc1. The molecule has 144 valence electrons. The third kappa shape index (κ3) is 5.04. The van der Waals surface area contributed by atoms with Crippen molar-refractivity contribution in [1.29, 1.82) is 0 Å². The zero-order chi connectivity index (χ0) is 19.9. The van der Waals surface area contributed by atoms with E-state index in [1.807, 2.05) is 0 Å². The van der Waals surface area contributed by atoms with Crippen LogP contribution in [0, 0.1) is 0 Å². The average Bonchev–Trinajstić information content (AvgIpc) is 2.68. The Hall–Kier alpha value is -2.94. The largest absolute Gasteiger partial charge is 0.497 e. The number of pyridine rings is 1. The van der Waals surface area contributed by atoms with Crippen LogP contribution in [0.2, 0.25) is 0 Å². The number of ether oxygens (including phenoxy) is 1. The quantitative estimate of drug-likeness (QED) is 0.677. The summed E-state index contributed by atoms with van der Waals surface area (Å²) in [6.07, 6.45) is 2.94. The van der Waals surface area contributed by atoms with Gasteiger partial charge in [0.1, 0.15) is 11.0 Å². The van der Waals surface area contributed by atoms with E-state index < -0.39 is 26.9 Å². The fourth-order valence-electron chi connectivity index (χ4n) is 2.41. The van der Waals surface area contributed by atoms with E-state index in [4.69, 9.17) is 4.74 Å². The minimum atomic E-state index is -3.85. The highest BCUT2D eigenvalue weighted by Gasteiger charge is 2.30. The minimum Gasteiger partial charge on any atom is -0.497 e. The standard InChI is InChI=1S/C18H21N3O5S/c1-3-20-17(22)18(23)21-12-16(13-5-4-10-19-11-13)27(24,25)15-8-6-14(26-2)7-9-15/h4-11,16H,3,12H2,1-2H3,(H,20,22)(H,21,23)/t16-/m1/s1. The van der Waals surface area contributed by atoms with Crippen LogP contribution in [0.15, 0.2) is 53.7 Å². The Labute approximate surface area is 157 Å². The van der Waals surface area contributed by atoms with Gasteiger partial charge in [0.15, 0.2) is 9.84 Å². The topological polar surface area (TPSA) is 114 Å². The van der Waals surface area contributed by atoms with Crippen molar-refractivity contribution in [2.24, 2.45) is 0 Å². The molecule has 2 N–H and O–H groups in total. The van der Waals surface area contributed by atoms with Crippen LogP contribution in [-0.2, 0) is 19.4 Å². The van der Waals surface area contributed by atoms with Gasteiger partial charge in [0.05, 0.1) is 12.0 Å². The molecule has 9 heteroatoms. The molecule has 1 heterocycles. The number of nitrogens with zero attached hydrogens (tertiary/aromatic N) is 1. The maximum Gasteiger partial charge on any atom is 0.309 e. The highest BCUT2D eigenvalue weighted by Crippen LogP contribution is 2.29. The van der Waals surface area contributed by atoms with E-state index in [1.54, 1.807) is 31.2 Å². The van der Waals surface area contributed by atoms with Gasteiger partial charge in [0, 0.05) is 25.5 Å². The van der Waals surface area contributed by atoms with Gasteiger partial charge in [-0.2, -0.15) is 0 Å². The molecule has 0 fully saturated rings. The van der Waals surface area contributed by atoms with Crippen molar-refractivity contribution in [3.05, 3.63) is 54.4 Å². The van der Waals surface area contributed by atoms with Gasteiger partial charge in [-0.05, 0) is 42.8 Å². The third-order valence-electron chi connectivity index (χ3n) is 3.81. The Morgan fingerprint density at radius 1 is 1.11 bits per heavy atom. The minimum absolute atomic E-state index is 0.0735. The summed E-state index contributed by atoms with van der Waals surface area (Å²) in [5.74, 6) is -1.18. The molecule has 0 saturated carbocycles. The molecule has 1 atom stereocenters. The molecule has 0 bridgehead atoms. The molecule has 27 heavy (non-hydrogen) atoms. The summed E-state index contributed by atoms with van der Waals surface area (Å²) in [7, 11) is -2.37. The Kier molecular flexibility index (Phi) is 6.89. The van der Waals surface area contributed by atoms with Crippen LogP contribution in [0.5, 0.6) is 5.75 Å². The normalized spacial score (nSPS) is 12.1. The molecule has 1 aromatic carbocycles. The number of aromatic nitrogens is 1. The second-order valence-electron chi connectivity index (χ2n) is 5.57. The van der Waals surface area contributed by atoms with Gasteiger partial charge in [-0.1, -0.05) is 6.07 Å². The van der Waals surface area contributed by atoms with Gasteiger partial charge in [-0.25, -0.2) is 8.42 Å². The van der Waals surface area contributed by atoms with Crippen molar-refractivity contribution in [2.45, 2.75) is 17.1 Å². The number of methoxy groups -OCH3 is 1. The van der Waals surface area contributed by atoms with E-state index in [2.05, 4.69) is 15.6 Å².